The van der Waals surface area contributed by atoms with Gasteiger partial charge in [0, 0.05) is 30.5 Å². The van der Waals surface area contributed by atoms with E-state index in [4.69, 9.17) is 23.2 Å². The van der Waals surface area contributed by atoms with Crippen molar-refractivity contribution in [3.05, 3.63) is 52.3 Å². The van der Waals surface area contributed by atoms with E-state index in [-0.39, 0.29) is 0 Å². The molecule has 2 aromatic rings. The second-order valence-corrected chi connectivity index (χ2v) is 4.67. The third-order valence-electron chi connectivity index (χ3n) is 2.59. The lowest BCUT2D eigenvalue weighted by molar-refractivity contribution is 0.766. The summed E-state index contributed by atoms with van der Waals surface area (Å²) < 4.78 is 2.14. The molecule has 1 aromatic heterocycles. The molecule has 4 heteroatoms. The van der Waals surface area contributed by atoms with Gasteiger partial charge < -0.3 is 9.88 Å². The predicted octanol–water partition coefficient (Wildman–Crippen LogP) is 4.43. The Labute approximate surface area is 111 Å². The number of nitrogens with one attached hydrogen (secondary N) is 1. The number of aromatic nitrogens is 1. The molecule has 1 aromatic carbocycles. The third kappa shape index (κ3) is 3.18. The quantitative estimate of drug-likeness (QED) is 0.868. The first-order valence-corrected chi connectivity index (χ1v) is 6.28. The average molecular weight is 269 g/mol. The topological polar surface area (TPSA) is 17.0 Å². The van der Waals surface area contributed by atoms with Crippen LogP contribution in [0.25, 0.3) is 0 Å². The molecule has 2 nitrogen and oxygen atoms in total. The molecule has 0 saturated carbocycles. The van der Waals surface area contributed by atoms with Crippen molar-refractivity contribution >= 4 is 28.9 Å². The van der Waals surface area contributed by atoms with E-state index in [1.165, 1.54) is 5.56 Å². The molecule has 1 N–H and O–H groups in total. The van der Waals surface area contributed by atoms with E-state index in [0.717, 1.165) is 18.8 Å². The van der Waals surface area contributed by atoms with Crippen molar-refractivity contribution in [3.8, 4) is 0 Å². The number of halogens is 2. The zero-order valence-electron chi connectivity index (χ0n) is 9.58. The van der Waals surface area contributed by atoms with Crippen LogP contribution in [0.5, 0.6) is 0 Å². The van der Waals surface area contributed by atoms with Crippen LogP contribution in [0.15, 0.2) is 36.7 Å². The fraction of sp³-hybridized carbons (Fsp3) is 0.231. The molecule has 0 aliphatic rings. The Morgan fingerprint density at radius 2 is 2.06 bits per heavy atom. The normalized spacial score (nSPS) is 10.5. The van der Waals surface area contributed by atoms with Crippen molar-refractivity contribution in [1.82, 2.24) is 4.57 Å². The van der Waals surface area contributed by atoms with Crippen LogP contribution < -0.4 is 5.32 Å². The Hall–Kier alpha value is -1.12. The maximum Gasteiger partial charge on any atom is 0.0638 e. The first-order valence-electron chi connectivity index (χ1n) is 5.52. The van der Waals surface area contributed by atoms with E-state index in [1.54, 1.807) is 12.1 Å². The van der Waals surface area contributed by atoms with Crippen LogP contribution in [0.4, 0.5) is 5.69 Å². The zero-order chi connectivity index (χ0) is 12.3. The van der Waals surface area contributed by atoms with Gasteiger partial charge in [-0.2, -0.15) is 0 Å². The minimum atomic E-state index is 0.683. The summed E-state index contributed by atoms with van der Waals surface area (Å²) in [4.78, 5) is 0. The number of rotatable bonds is 4. The van der Waals surface area contributed by atoms with Crippen molar-refractivity contribution in [2.24, 2.45) is 0 Å². The minimum Gasteiger partial charge on any atom is -0.380 e. The van der Waals surface area contributed by atoms with Crippen molar-refractivity contribution in [2.45, 2.75) is 20.0 Å². The van der Waals surface area contributed by atoms with Crippen LogP contribution in [0.2, 0.25) is 10.0 Å². The molecule has 1 heterocycles. The number of anilines is 1. The van der Waals surface area contributed by atoms with Crippen LogP contribution in [0.3, 0.4) is 0 Å². The van der Waals surface area contributed by atoms with Crippen LogP contribution in [-0.2, 0) is 13.1 Å². The lowest BCUT2D eigenvalue weighted by Crippen LogP contribution is -1.99. The highest BCUT2D eigenvalue weighted by atomic mass is 35.5. The number of benzene rings is 1. The van der Waals surface area contributed by atoms with Crippen LogP contribution in [-0.4, -0.2) is 4.57 Å². The standard InChI is InChI=1S/C13H14Cl2N2/c1-2-17-6-5-10(9-17)8-16-13-7-11(14)3-4-12(13)15/h3-7,9,16H,2,8H2,1H3. The van der Waals surface area contributed by atoms with Gasteiger partial charge >= 0.3 is 0 Å². The second kappa shape index (κ2) is 5.48. The summed E-state index contributed by atoms with van der Waals surface area (Å²) in [6.07, 6.45) is 4.18. The molecule has 0 bridgehead atoms. The number of aryl methyl sites for hydroxylation is 1. The maximum absolute atomic E-state index is 6.07. The zero-order valence-corrected chi connectivity index (χ0v) is 11.1. The fourth-order valence-corrected chi connectivity index (χ4v) is 1.98. The van der Waals surface area contributed by atoms with Gasteiger partial charge in [-0.3, -0.25) is 0 Å². The van der Waals surface area contributed by atoms with E-state index in [0.29, 0.717) is 10.0 Å². The van der Waals surface area contributed by atoms with Gasteiger partial charge in [0.15, 0.2) is 0 Å². The molecular formula is C13H14Cl2N2. The van der Waals surface area contributed by atoms with Gasteiger partial charge in [0.2, 0.25) is 0 Å². The Morgan fingerprint density at radius 1 is 1.24 bits per heavy atom. The molecule has 0 aliphatic heterocycles. The SMILES string of the molecule is CCn1ccc(CNc2cc(Cl)ccc2Cl)c1. The number of hydrogen-bond acceptors (Lipinski definition) is 1. The van der Waals surface area contributed by atoms with E-state index < -0.39 is 0 Å². The summed E-state index contributed by atoms with van der Waals surface area (Å²) in [6.45, 7) is 3.84. The number of nitrogens with zero attached hydrogens (tertiary/aromatic N) is 1. The summed E-state index contributed by atoms with van der Waals surface area (Å²) in [5, 5.41) is 4.65. The average Bonchev–Trinajstić information content (AvgIpc) is 2.78. The highest BCUT2D eigenvalue weighted by Gasteiger charge is 2.01. The van der Waals surface area contributed by atoms with Crippen molar-refractivity contribution < 1.29 is 0 Å². The van der Waals surface area contributed by atoms with Crippen molar-refractivity contribution in [3.63, 3.8) is 0 Å². The molecule has 0 aliphatic carbocycles. The second-order valence-electron chi connectivity index (χ2n) is 3.83. The lowest BCUT2D eigenvalue weighted by Gasteiger charge is -2.07. The van der Waals surface area contributed by atoms with Crippen molar-refractivity contribution in [2.75, 3.05) is 5.32 Å². The summed E-state index contributed by atoms with van der Waals surface area (Å²) in [7, 11) is 0. The van der Waals surface area contributed by atoms with Gasteiger partial charge in [-0.05, 0) is 36.8 Å². The van der Waals surface area contributed by atoms with E-state index in [1.807, 2.05) is 6.07 Å². The van der Waals surface area contributed by atoms with Gasteiger partial charge in [0.25, 0.3) is 0 Å². The molecule has 0 radical (unpaired) electrons. The van der Waals surface area contributed by atoms with E-state index in [9.17, 15) is 0 Å². The third-order valence-corrected chi connectivity index (χ3v) is 3.15. The highest BCUT2D eigenvalue weighted by Crippen LogP contribution is 2.25. The summed E-state index contributed by atoms with van der Waals surface area (Å²) in [5.41, 5.74) is 2.09. The smallest absolute Gasteiger partial charge is 0.0638 e. The Bertz CT molecular complexity index is 506. The van der Waals surface area contributed by atoms with Crippen molar-refractivity contribution in [1.29, 1.82) is 0 Å². The van der Waals surface area contributed by atoms with Crippen LogP contribution >= 0.6 is 23.2 Å². The minimum absolute atomic E-state index is 0.683. The molecule has 0 fully saturated rings. The van der Waals surface area contributed by atoms with Gasteiger partial charge in [0.1, 0.15) is 0 Å². The van der Waals surface area contributed by atoms with Gasteiger partial charge in [0.05, 0.1) is 10.7 Å². The Balaban J connectivity index is 2.04. The van der Waals surface area contributed by atoms with Crippen LogP contribution in [0.1, 0.15) is 12.5 Å². The van der Waals surface area contributed by atoms with Gasteiger partial charge in [-0.25, -0.2) is 0 Å². The molecule has 2 rings (SSSR count). The molecule has 0 atom stereocenters. The molecule has 0 amide bonds. The monoisotopic (exact) mass is 268 g/mol. The fourth-order valence-electron chi connectivity index (χ4n) is 1.62. The molecule has 0 saturated heterocycles. The molecule has 0 spiro atoms. The number of hydrogen-bond donors (Lipinski definition) is 1. The first kappa shape index (κ1) is 12.3. The van der Waals surface area contributed by atoms with Crippen LogP contribution in [0, 0.1) is 0 Å². The summed E-state index contributed by atoms with van der Waals surface area (Å²) >= 11 is 12.0. The molecule has 17 heavy (non-hydrogen) atoms. The highest BCUT2D eigenvalue weighted by molar-refractivity contribution is 6.35. The maximum atomic E-state index is 6.07. The lowest BCUT2D eigenvalue weighted by atomic mass is 10.3. The summed E-state index contributed by atoms with van der Waals surface area (Å²) in [6, 6.07) is 7.50. The van der Waals surface area contributed by atoms with Gasteiger partial charge in [-0.1, -0.05) is 23.2 Å². The molecular weight excluding hydrogens is 255 g/mol. The largest absolute Gasteiger partial charge is 0.380 e. The van der Waals surface area contributed by atoms with Gasteiger partial charge in [-0.15, -0.1) is 0 Å². The first-order chi connectivity index (χ1) is 8.19. The molecule has 0 unspecified atom stereocenters. The molecule has 90 valence electrons. The van der Waals surface area contributed by atoms with E-state index >= 15 is 0 Å². The Kier molecular flexibility index (Phi) is 3.97. The predicted molar refractivity (Wildman–Crippen MR) is 73.9 cm³/mol. The Morgan fingerprint density at radius 3 is 2.76 bits per heavy atom. The summed E-state index contributed by atoms with van der Waals surface area (Å²) in [5.74, 6) is 0. The van der Waals surface area contributed by atoms with E-state index in [2.05, 4.69) is 35.3 Å².